The van der Waals surface area contributed by atoms with Gasteiger partial charge in [-0.1, -0.05) is 0 Å². The van der Waals surface area contributed by atoms with Crippen LogP contribution in [-0.4, -0.2) is 18.6 Å². The molecule has 0 aliphatic heterocycles. The summed E-state index contributed by atoms with van der Waals surface area (Å²) in [5.41, 5.74) is 0.726. The number of nitrogens with one attached hydrogen (secondary N) is 1. The third-order valence-electron chi connectivity index (χ3n) is 5.84. The van der Waals surface area contributed by atoms with Crippen molar-refractivity contribution in [2.45, 2.75) is 44.1 Å². The highest BCUT2D eigenvalue weighted by Gasteiger charge is 2.51. The monoisotopic (exact) mass is 363 g/mol. The number of halogens is 1. The molecular weight excluding hydrogens is 342 g/mol. The predicted octanol–water partition coefficient (Wildman–Crippen LogP) is 4.16. The largest absolute Gasteiger partial charge is 0.497 e. The Kier molecular flexibility index (Phi) is 3.48. The Bertz CT molecular complexity index is 578. The molecular formula is C18H22BrNO2. The standard InChI is InChI=1S/C18H22BrNO2/c1-22-14-2-3-16(19)15(7-14)17(21)20-18-8-11-4-12(9-18)6-13(5-11)10-18/h2-3,7,11-13H,4-6,8-10H2,1H3,(H,20,21). The molecule has 3 nitrogen and oxygen atoms in total. The van der Waals surface area contributed by atoms with Crippen molar-refractivity contribution in [2.24, 2.45) is 17.8 Å². The van der Waals surface area contributed by atoms with Crippen LogP contribution >= 0.6 is 15.9 Å². The van der Waals surface area contributed by atoms with Gasteiger partial charge in [0.15, 0.2) is 0 Å². The van der Waals surface area contributed by atoms with E-state index >= 15 is 0 Å². The molecule has 0 unspecified atom stereocenters. The van der Waals surface area contributed by atoms with Crippen molar-refractivity contribution < 1.29 is 9.53 Å². The Morgan fingerprint density at radius 1 is 1.18 bits per heavy atom. The Hall–Kier alpha value is -1.03. The number of ether oxygens (including phenoxy) is 1. The Morgan fingerprint density at radius 3 is 2.32 bits per heavy atom. The summed E-state index contributed by atoms with van der Waals surface area (Å²) < 4.78 is 6.08. The van der Waals surface area contributed by atoms with Gasteiger partial charge >= 0.3 is 0 Å². The van der Waals surface area contributed by atoms with Crippen molar-refractivity contribution in [2.75, 3.05) is 7.11 Å². The van der Waals surface area contributed by atoms with E-state index in [1.165, 1.54) is 38.5 Å². The molecule has 22 heavy (non-hydrogen) atoms. The third-order valence-corrected chi connectivity index (χ3v) is 6.53. The molecule has 4 heteroatoms. The first-order chi connectivity index (χ1) is 10.6. The number of benzene rings is 1. The van der Waals surface area contributed by atoms with Gasteiger partial charge in [0, 0.05) is 10.0 Å². The lowest BCUT2D eigenvalue weighted by Crippen LogP contribution is -2.59. The summed E-state index contributed by atoms with van der Waals surface area (Å²) in [6.45, 7) is 0. The molecule has 4 bridgehead atoms. The molecule has 5 rings (SSSR count). The van der Waals surface area contributed by atoms with Gasteiger partial charge in [-0.3, -0.25) is 4.79 Å². The van der Waals surface area contributed by atoms with Crippen molar-refractivity contribution in [3.63, 3.8) is 0 Å². The zero-order valence-corrected chi connectivity index (χ0v) is 14.5. The number of carbonyl (C=O) groups is 1. The average Bonchev–Trinajstić information content (AvgIpc) is 2.45. The molecule has 0 radical (unpaired) electrons. The van der Waals surface area contributed by atoms with E-state index in [9.17, 15) is 4.79 Å². The zero-order chi connectivity index (χ0) is 15.3. The van der Waals surface area contributed by atoms with Crippen molar-refractivity contribution in [1.29, 1.82) is 0 Å². The van der Waals surface area contributed by atoms with Crippen molar-refractivity contribution in [3.05, 3.63) is 28.2 Å². The number of carbonyl (C=O) groups excluding carboxylic acids is 1. The molecule has 0 heterocycles. The maximum atomic E-state index is 12.8. The van der Waals surface area contributed by atoms with Crippen LogP contribution in [0.25, 0.3) is 0 Å². The molecule has 4 aliphatic carbocycles. The van der Waals surface area contributed by atoms with Crippen molar-refractivity contribution in [3.8, 4) is 5.75 Å². The van der Waals surface area contributed by atoms with E-state index in [-0.39, 0.29) is 11.4 Å². The minimum Gasteiger partial charge on any atom is -0.497 e. The minimum atomic E-state index is 0.0349. The molecule has 1 aromatic carbocycles. The van der Waals surface area contributed by atoms with Gasteiger partial charge in [-0.2, -0.15) is 0 Å². The van der Waals surface area contributed by atoms with Crippen LogP contribution in [0.3, 0.4) is 0 Å². The Morgan fingerprint density at radius 2 is 1.77 bits per heavy atom. The Balaban J connectivity index is 1.57. The van der Waals surface area contributed by atoms with E-state index in [0.29, 0.717) is 5.56 Å². The molecule has 4 aliphatic rings. The van der Waals surface area contributed by atoms with Gasteiger partial charge in [0.25, 0.3) is 5.91 Å². The number of amides is 1. The van der Waals surface area contributed by atoms with Gasteiger partial charge < -0.3 is 10.1 Å². The van der Waals surface area contributed by atoms with Crippen LogP contribution in [0.5, 0.6) is 5.75 Å². The summed E-state index contributed by atoms with van der Waals surface area (Å²) in [5.74, 6) is 3.26. The van der Waals surface area contributed by atoms with Crippen LogP contribution in [0, 0.1) is 17.8 Å². The average molecular weight is 364 g/mol. The normalized spacial score (nSPS) is 35.5. The fourth-order valence-corrected chi connectivity index (χ4v) is 5.80. The molecule has 1 aromatic rings. The molecule has 118 valence electrons. The predicted molar refractivity (Wildman–Crippen MR) is 89.1 cm³/mol. The number of hydrogen-bond acceptors (Lipinski definition) is 2. The van der Waals surface area contributed by atoms with E-state index in [4.69, 9.17) is 4.74 Å². The second-order valence-corrected chi connectivity index (χ2v) is 8.35. The lowest BCUT2D eigenvalue weighted by molar-refractivity contribution is -0.0167. The first kappa shape index (κ1) is 14.6. The highest BCUT2D eigenvalue weighted by atomic mass is 79.9. The molecule has 4 saturated carbocycles. The Labute approximate surface area is 139 Å². The smallest absolute Gasteiger partial charge is 0.252 e. The van der Waals surface area contributed by atoms with E-state index in [1.807, 2.05) is 18.2 Å². The number of hydrogen-bond donors (Lipinski definition) is 1. The second-order valence-electron chi connectivity index (χ2n) is 7.50. The van der Waals surface area contributed by atoms with E-state index in [2.05, 4.69) is 21.2 Å². The second kappa shape index (κ2) is 5.26. The summed E-state index contributed by atoms with van der Waals surface area (Å²) in [6.07, 6.45) is 7.68. The zero-order valence-electron chi connectivity index (χ0n) is 12.9. The fraction of sp³-hybridized carbons (Fsp3) is 0.611. The van der Waals surface area contributed by atoms with Gasteiger partial charge in [-0.05, 0) is 90.4 Å². The number of rotatable bonds is 3. The molecule has 0 aromatic heterocycles. The molecule has 4 fully saturated rings. The fourth-order valence-electron chi connectivity index (χ4n) is 5.38. The van der Waals surface area contributed by atoms with E-state index in [0.717, 1.165) is 28.0 Å². The molecule has 0 spiro atoms. The van der Waals surface area contributed by atoms with E-state index in [1.54, 1.807) is 7.11 Å². The van der Waals surface area contributed by atoms with Crippen LogP contribution in [0.2, 0.25) is 0 Å². The number of methoxy groups -OCH3 is 1. The third kappa shape index (κ3) is 2.45. The highest BCUT2D eigenvalue weighted by Crippen LogP contribution is 2.55. The van der Waals surface area contributed by atoms with E-state index < -0.39 is 0 Å². The van der Waals surface area contributed by atoms with Crippen molar-refractivity contribution >= 4 is 21.8 Å². The summed E-state index contributed by atoms with van der Waals surface area (Å²) in [4.78, 5) is 12.8. The van der Waals surface area contributed by atoms with Gasteiger partial charge in [0.05, 0.1) is 12.7 Å². The van der Waals surface area contributed by atoms with Gasteiger partial charge in [0.2, 0.25) is 0 Å². The molecule has 1 amide bonds. The van der Waals surface area contributed by atoms with Crippen LogP contribution in [-0.2, 0) is 0 Å². The first-order valence-corrected chi connectivity index (χ1v) is 9.02. The van der Waals surface area contributed by atoms with Gasteiger partial charge in [-0.15, -0.1) is 0 Å². The lowest BCUT2D eigenvalue weighted by Gasteiger charge is -2.56. The van der Waals surface area contributed by atoms with Gasteiger partial charge in [-0.25, -0.2) is 0 Å². The SMILES string of the molecule is COc1ccc(Br)c(C(=O)NC23CC4CC(CC(C4)C2)C3)c1. The maximum Gasteiger partial charge on any atom is 0.252 e. The van der Waals surface area contributed by atoms with Crippen LogP contribution in [0.15, 0.2) is 22.7 Å². The highest BCUT2D eigenvalue weighted by molar-refractivity contribution is 9.10. The maximum absolute atomic E-state index is 12.8. The molecule has 1 N–H and O–H groups in total. The summed E-state index contributed by atoms with van der Waals surface area (Å²) in [7, 11) is 1.63. The first-order valence-electron chi connectivity index (χ1n) is 8.23. The summed E-state index contributed by atoms with van der Waals surface area (Å²) in [6, 6.07) is 5.57. The molecule has 0 saturated heterocycles. The quantitative estimate of drug-likeness (QED) is 0.875. The van der Waals surface area contributed by atoms with Crippen LogP contribution in [0.1, 0.15) is 48.9 Å². The topological polar surface area (TPSA) is 38.3 Å². The summed E-state index contributed by atoms with van der Waals surface area (Å²) >= 11 is 3.49. The summed E-state index contributed by atoms with van der Waals surface area (Å²) in [5, 5.41) is 3.41. The minimum absolute atomic E-state index is 0.0349. The van der Waals surface area contributed by atoms with Crippen LogP contribution in [0.4, 0.5) is 0 Å². The van der Waals surface area contributed by atoms with Crippen LogP contribution < -0.4 is 10.1 Å². The molecule has 0 atom stereocenters. The van der Waals surface area contributed by atoms with Crippen molar-refractivity contribution in [1.82, 2.24) is 5.32 Å². The lowest BCUT2D eigenvalue weighted by atomic mass is 9.53. The van der Waals surface area contributed by atoms with Gasteiger partial charge in [0.1, 0.15) is 5.75 Å².